The Balaban J connectivity index is 1.67. The van der Waals surface area contributed by atoms with Crippen molar-refractivity contribution >= 4 is 11.6 Å². The Morgan fingerprint density at radius 3 is 2.95 bits per heavy atom. The molecule has 20 heavy (non-hydrogen) atoms. The van der Waals surface area contributed by atoms with Gasteiger partial charge in [-0.05, 0) is 24.6 Å². The number of benzene rings is 1. The molecule has 6 nitrogen and oxygen atoms in total. The Bertz CT molecular complexity index is 578. The molecule has 1 aromatic heterocycles. The second kappa shape index (κ2) is 6.81. The van der Waals surface area contributed by atoms with Crippen LogP contribution in [0.2, 0.25) is 0 Å². The molecule has 0 unspecified atom stereocenters. The van der Waals surface area contributed by atoms with Crippen LogP contribution in [0.3, 0.4) is 0 Å². The molecule has 1 heterocycles. The van der Waals surface area contributed by atoms with Gasteiger partial charge < -0.3 is 10.6 Å². The molecule has 0 radical (unpaired) electrons. The third-order valence-corrected chi connectivity index (χ3v) is 2.76. The molecule has 0 spiro atoms. The van der Waals surface area contributed by atoms with Crippen molar-refractivity contribution < 1.29 is 4.79 Å². The van der Waals surface area contributed by atoms with Gasteiger partial charge in [0.1, 0.15) is 6.33 Å². The monoisotopic (exact) mass is 273 g/mol. The molecule has 0 fully saturated rings. The van der Waals surface area contributed by atoms with Gasteiger partial charge in [0.25, 0.3) is 0 Å². The summed E-state index contributed by atoms with van der Waals surface area (Å²) >= 11 is 0. The second-order valence-electron chi connectivity index (χ2n) is 4.68. The van der Waals surface area contributed by atoms with E-state index < -0.39 is 0 Å². The number of carbonyl (C=O) groups is 1. The molecule has 1 aromatic carbocycles. The number of aryl methyl sites for hydroxylation is 2. The van der Waals surface area contributed by atoms with E-state index in [-0.39, 0.29) is 12.5 Å². The lowest BCUT2D eigenvalue weighted by Crippen LogP contribution is -2.29. The fraction of sp³-hybridized carbons (Fsp3) is 0.357. The molecule has 0 atom stereocenters. The summed E-state index contributed by atoms with van der Waals surface area (Å²) in [7, 11) is 1.83. The SMILES string of the molecule is Cc1cccc(NC(=O)CNCCc2ncn(C)n2)c1. The largest absolute Gasteiger partial charge is 0.325 e. The second-order valence-corrected chi connectivity index (χ2v) is 4.68. The molecule has 2 aromatic rings. The maximum absolute atomic E-state index is 11.7. The van der Waals surface area contributed by atoms with Gasteiger partial charge in [-0.15, -0.1) is 0 Å². The predicted octanol–water partition coefficient (Wildman–Crippen LogP) is 0.894. The van der Waals surface area contributed by atoms with Gasteiger partial charge in [-0.3, -0.25) is 9.48 Å². The number of aromatic nitrogens is 3. The molecule has 0 aliphatic heterocycles. The van der Waals surface area contributed by atoms with Crippen LogP contribution in [0.25, 0.3) is 0 Å². The topological polar surface area (TPSA) is 71.8 Å². The Hall–Kier alpha value is -2.21. The zero-order valence-corrected chi connectivity index (χ0v) is 11.8. The number of hydrogen-bond donors (Lipinski definition) is 2. The van der Waals surface area contributed by atoms with Crippen molar-refractivity contribution in [3.8, 4) is 0 Å². The highest BCUT2D eigenvalue weighted by Gasteiger charge is 2.03. The molecule has 1 amide bonds. The van der Waals surface area contributed by atoms with Crippen molar-refractivity contribution in [2.24, 2.45) is 7.05 Å². The number of nitrogens with one attached hydrogen (secondary N) is 2. The predicted molar refractivity (Wildman–Crippen MR) is 77.4 cm³/mol. The number of rotatable bonds is 6. The van der Waals surface area contributed by atoms with Gasteiger partial charge in [0.2, 0.25) is 5.91 Å². The molecular formula is C14H19N5O. The maximum atomic E-state index is 11.7. The van der Waals surface area contributed by atoms with Gasteiger partial charge in [0.05, 0.1) is 6.54 Å². The minimum Gasteiger partial charge on any atom is -0.325 e. The summed E-state index contributed by atoms with van der Waals surface area (Å²) in [5.74, 6) is 0.726. The summed E-state index contributed by atoms with van der Waals surface area (Å²) < 4.78 is 1.67. The summed E-state index contributed by atoms with van der Waals surface area (Å²) in [6, 6.07) is 7.73. The fourth-order valence-electron chi connectivity index (χ4n) is 1.83. The van der Waals surface area contributed by atoms with E-state index >= 15 is 0 Å². The lowest BCUT2D eigenvalue weighted by Gasteiger charge is -2.06. The van der Waals surface area contributed by atoms with Crippen LogP contribution in [-0.4, -0.2) is 33.8 Å². The van der Waals surface area contributed by atoms with Crippen molar-refractivity contribution in [3.05, 3.63) is 42.0 Å². The smallest absolute Gasteiger partial charge is 0.238 e. The van der Waals surface area contributed by atoms with Crippen LogP contribution < -0.4 is 10.6 Å². The van der Waals surface area contributed by atoms with Crippen LogP contribution in [0.1, 0.15) is 11.4 Å². The summed E-state index contributed by atoms with van der Waals surface area (Å²) in [4.78, 5) is 15.9. The first-order valence-electron chi connectivity index (χ1n) is 6.55. The van der Waals surface area contributed by atoms with Crippen LogP contribution in [0, 0.1) is 6.92 Å². The number of carbonyl (C=O) groups excluding carboxylic acids is 1. The summed E-state index contributed by atoms with van der Waals surface area (Å²) in [6.07, 6.45) is 2.37. The quantitative estimate of drug-likeness (QED) is 0.767. The molecule has 0 aliphatic rings. The molecule has 6 heteroatoms. The van der Waals surface area contributed by atoms with Gasteiger partial charge in [0, 0.05) is 25.7 Å². The highest BCUT2D eigenvalue weighted by Crippen LogP contribution is 2.08. The minimum absolute atomic E-state index is 0.0513. The first-order chi connectivity index (χ1) is 9.63. The third kappa shape index (κ3) is 4.47. The van der Waals surface area contributed by atoms with Crippen molar-refractivity contribution in [2.45, 2.75) is 13.3 Å². The van der Waals surface area contributed by atoms with Gasteiger partial charge in [-0.25, -0.2) is 4.98 Å². The number of nitrogens with zero attached hydrogens (tertiary/aromatic N) is 3. The van der Waals surface area contributed by atoms with Crippen LogP contribution in [0.15, 0.2) is 30.6 Å². The van der Waals surface area contributed by atoms with Crippen molar-refractivity contribution in [1.29, 1.82) is 0 Å². The normalized spacial score (nSPS) is 10.5. The summed E-state index contributed by atoms with van der Waals surface area (Å²) in [6.45, 7) is 2.94. The van der Waals surface area contributed by atoms with Crippen molar-refractivity contribution in [1.82, 2.24) is 20.1 Å². The Morgan fingerprint density at radius 1 is 1.40 bits per heavy atom. The van der Waals surface area contributed by atoms with Gasteiger partial charge in [-0.2, -0.15) is 5.10 Å². The van der Waals surface area contributed by atoms with Crippen molar-refractivity contribution in [2.75, 3.05) is 18.4 Å². The average Bonchev–Trinajstić information content (AvgIpc) is 2.80. The van der Waals surface area contributed by atoms with E-state index in [0.717, 1.165) is 17.1 Å². The van der Waals surface area contributed by atoms with Gasteiger partial charge in [0.15, 0.2) is 5.82 Å². The minimum atomic E-state index is -0.0513. The summed E-state index contributed by atoms with van der Waals surface area (Å²) in [5.41, 5.74) is 1.94. The zero-order valence-electron chi connectivity index (χ0n) is 11.8. The standard InChI is InChI=1S/C14H19N5O/c1-11-4-3-5-12(8-11)17-14(20)9-15-7-6-13-16-10-19(2)18-13/h3-5,8,10,15H,6-7,9H2,1-2H3,(H,17,20). The molecule has 2 N–H and O–H groups in total. The number of anilines is 1. The fourth-order valence-corrected chi connectivity index (χ4v) is 1.83. The van der Waals surface area contributed by atoms with Crippen molar-refractivity contribution in [3.63, 3.8) is 0 Å². The molecule has 106 valence electrons. The molecule has 2 rings (SSSR count). The van der Waals surface area contributed by atoms with Crippen LogP contribution in [0.4, 0.5) is 5.69 Å². The van der Waals surface area contributed by atoms with E-state index in [0.29, 0.717) is 13.0 Å². The van der Waals surface area contributed by atoms with E-state index in [2.05, 4.69) is 20.7 Å². The first-order valence-corrected chi connectivity index (χ1v) is 6.55. The van der Waals surface area contributed by atoms with E-state index in [1.165, 1.54) is 0 Å². The summed E-state index contributed by atoms with van der Waals surface area (Å²) in [5, 5.41) is 10.1. The Kier molecular flexibility index (Phi) is 4.84. The lowest BCUT2D eigenvalue weighted by atomic mass is 10.2. The van der Waals surface area contributed by atoms with Gasteiger partial charge in [-0.1, -0.05) is 12.1 Å². The highest BCUT2D eigenvalue weighted by molar-refractivity contribution is 5.92. The van der Waals surface area contributed by atoms with E-state index in [4.69, 9.17) is 0 Å². The first kappa shape index (κ1) is 14.2. The third-order valence-electron chi connectivity index (χ3n) is 2.76. The number of amides is 1. The van der Waals surface area contributed by atoms with Gasteiger partial charge >= 0.3 is 0 Å². The maximum Gasteiger partial charge on any atom is 0.238 e. The molecule has 0 bridgehead atoms. The Morgan fingerprint density at radius 2 is 2.25 bits per heavy atom. The van der Waals surface area contributed by atoms with Crippen LogP contribution >= 0.6 is 0 Å². The highest BCUT2D eigenvalue weighted by atomic mass is 16.1. The lowest BCUT2D eigenvalue weighted by molar-refractivity contribution is -0.115. The van der Waals surface area contributed by atoms with E-state index in [1.54, 1.807) is 11.0 Å². The number of hydrogen-bond acceptors (Lipinski definition) is 4. The molecule has 0 saturated carbocycles. The average molecular weight is 273 g/mol. The molecule has 0 saturated heterocycles. The van der Waals surface area contributed by atoms with E-state index in [9.17, 15) is 4.79 Å². The Labute approximate surface area is 118 Å². The molecular weight excluding hydrogens is 254 g/mol. The van der Waals surface area contributed by atoms with E-state index in [1.807, 2.05) is 38.2 Å². The van der Waals surface area contributed by atoms with Crippen LogP contribution in [0.5, 0.6) is 0 Å². The molecule has 0 aliphatic carbocycles. The van der Waals surface area contributed by atoms with Crippen LogP contribution in [-0.2, 0) is 18.3 Å². The zero-order chi connectivity index (χ0) is 14.4.